The van der Waals surface area contributed by atoms with Crippen LogP contribution in [-0.4, -0.2) is 38.9 Å². The molecule has 0 radical (unpaired) electrons. The lowest BCUT2D eigenvalue weighted by atomic mass is 10.1. The minimum absolute atomic E-state index is 0.655. The average Bonchev–Trinajstić information content (AvgIpc) is 2.24. The Morgan fingerprint density at radius 1 is 1.33 bits per heavy atom. The van der Waals surface area contributed by atoms with Crippen LogP contribution in [0.3, 0.4) is 0 Å². The van der Waals surface area contributed by atoms with E-state index in [1.54, 1.807) is 0 Å². The van der Waals surface area contributed by atoms with Crippen LogP contribution in [0.2, 0.25) is 0 Å². The smallest absolute Gasteiger partial charge is 0.0489 e. The highest BCUT2D eigenvalue weighted by Crippen LogP contribution is 2.01. The molecule has 0 amide bonds. The van der Waals surface area contributed by atoms with Gasteiger partial charge < -0.3 is 15.4 Å². The maximum atomic E-state index is 5.53. The van der Waals surface area contributed by atoms with Crippen molar-refractivity contribution in [2.45, 2.75) is 39.2 Å². The molecule has 90 valence electrons. The van der Waals surface area contributed by atoms with E-state index in [2.05, 4.69) is 24.5 Å². The fraction of sp³-hybridized carbons (Fsp3) is 1.00. The Labute approximate surface area is 94.0 Å². The van der Waals surface area contributed by atoms with E-state index in [9.17, 15) is 0 Å². The van der Waals surface area contributed by atoms with Crippen molar-refractivity contribution in [2.24, 2.45) is 5.92 Å². The molecule has 3 heteroatoms. The fourth-order valence-corrected chi connectivity index (χ4v) is 1.83. The van der Waals surface area contributed by atoms with E-state index in [-0.39, 0.29) is 0 Å². The van der Waals surface area contributed by atoms with Crippen LogP contribution in [0.4, 0.5) is 0 Å². The molecule has 0 saturated carbocycles. The molecule has 3 nitrogen and oxygen atoms in total. The standard InChI is InChI=1S/C12H26N2O/c1-11(2)10-15-9-3-6-14-12-4-7-13-8-5-12/h11-14H,3-10H2,1-2H3. The lowest BCUT2D eigenvalue weighted by molar-refractivity contribution is 0.107. The highest BCUT2D eigenvalue weighted by Gasteiger charge is 2.10. The lowest BCUT2D eigenvalue weighted by Crippen LogP contribution is -2.40. The molecule has 0 aromatic rings. The minimum Gasteiger partial charge on any atom is -0.381 e. The third-order valence-electron chi connectivity index (χ3n) is 2.69. The summed E-state index contributed by atoms with van der Waals surface area (Å²) in [5.41, 5.74) is 0. The van der Waals surface area contributed by atoms with Gasteiger partial charge in [0.2, 0.25) is 0 Å². The molecule has 0 unspecified atom stereocenters. The summed E-state index contributed by atoms with van der Waals surface area (Å²) in [6.07, 6.45) is 3.68. The normalized spacial score (nSPS) is 18.6. The molecule has 1 fully saturated rings. The van der Waals surface area contributed by atoms with Crippen LogP contribution in [0.5, 0.6) is 0 Å². The molecule has 1 heterocycles. The quantitative estimate of drug-likeness (QED) is 0.628. The molecule has 1 rings (SSSR count). The molecule has 0 aromatic carbocycles. The van der Waals surface area contributed by atoms with E-state index in [0.717, 1.165) is 32.2 Å². The van der Waals surface area contributed by atoms with Gasteiger partial charge in [0.25, 0.3) is 0 Å². The van der Waals surface area contributed by atoms with Crippen LogP contribution in [0.1, 0.15) is 33.1 Å². The number of piperidine rings is 1. The SMILES string of the molecule is CC(C)COCCCNC1CCNCC1. The van der Waals surface area contributed by atoms with E-state index in [4.69, 9.17) is 4.74 Å². The average molecular weight is 214 g/mol. The predicted molar refractivity (Wildman–Crippen MR) is 64.2 cm³/mol. The Bertz CT molecular complexity index is 145. The van der Waals surface area contributed by atoms with Gasteiger partial charge in [0.05, 0.1) is 0 Å². The molecule has 0 spiro atoms. The number of hydrogen-bond donors (Lipinski definition) is 2. The second-order valence-corrected chi connectivity index (χ2v) is 4.80. The van der Waals surface area contributed by atoms with E-state index in [0.29, 0.717) is 5.92 Å². The summed E-state index contributed by atoms with van der Waals surface area (Å²) in [7, 11) is 0. The topological polar surface area (TPSA) is 33.3 Å². The van der Waals surface area contributed by atoms with Crippen LogP contribution in [0.15, 0.2) is 0 Å². The molecule has 2 N–H and O–H groups in total. The summed E-state index contributed by atoms with van der Waals surface area (Å²) in [6.45, 7) is 9.61. The van der Waals surface area contributed by atoms with Gasteiger partial charge in [-0.2, -0.15) is 0 Å². The van der Waals surface area contributed by atoms with Crippen LogP contribution in [0, 0.1) is 5.92 Å². The van der Waals surface area contributed by atoms with Gasteiger partial charge in [-0.05, 0) is 44.8 Å². The third kappa shape index (κ3) is 6.88. The molecule has 1 aliphatic rings. The summed E-state index contributed by atoms with van der Waals surface area (Å²) in [5.74, 6) is 0.655. The molecular weight excluding hydrogens is 188 g/mol. The first kappa shape index (κ1) is 12.9. The van der Waals surface area contributed by atoms with Crippen LogP contribution < -0.4 is 10.6 Å². The third-order valence-corrected chi connectivity index (χ3v) is 2.69. The van der Waals surface area contributed by atoms with Crippen LogP contribution >= 0.6 is 0 Å². The largest absolute Gasteiger partial charge is 0.381 e. The summed E-state index contributed by atoms with van der Waals surface area (Å²) in [6, 6.07) is 0.733. The molecular formula is C12H26N2O. The summed E-state index contributed by atoms with van der Waals surface area (Å²) in [4.78, 5) is 0. The molecule has 1 saturated heterocycles. The maximum Gasteiger partial charge on any atom is 0.0489 e. The highest BCUT2D eigenvalue weighted by molar-refractivity contribution is 4.73. The lowest BCUT2D eigenvalue weighted by Gasteiger charge is -2.23. The fourth-order valence-electron chi connectivity index (χ4n) is 1.83. The molecule has 0 aliphatic carbocycles. The number of nitrogens with one attached hydrogen (secondary N) is 2. The number of rotatable bonds is 7. The van der Waals surface area contributed by atoms with E-state index in [1.807, 2.05) is 0 Å². The Morgan fingerprint density at radius 3 is 2.73 bits per heavy atom. The molecule has 0 atom stereocenters. The van der Waals surface area contributed by atoms with Crippen LogP contribution in [0.25, 0.3) is 0 Å². The first-order chi connectivity index (χ1) is 7.29. The Kier molecular flexibility index (Phi) is 6.98. The van der Waals surface area contributed by atoms with Crippen molar-refractivity contribution in [2.75, 3.05) is 32.8 Å². The van der Waals surface area contributed by atoms with Crippen molar-refractivity contribution in [3.8, 4) is 0 Å². The molecule has 0 aromatic heterocycles. The van der Waals surface area contributed by atoms with Crippen molar-refractivity contribution in [1.82, 2.24) is 10.6 Å². The van der Waals surface area contributed by atoms with Crippen molar-refractivity contribution in [3.63, 3.8) is 0 Å². The molecule has 1 aliphatic heterocycles. The van der Waals surface area contributed by atoms with Gasteiger partial charge in [0.15, 0.2) is 0 Å². The summed E-state index contributed by atoms with van der Waals surface area (Å²) >= 11 is 0. The zero-order chi connectivity index (χ0) is 10.9. The first-order valence-corrected chi connectivity index (χ1v) is 6.31. The monoisotopic (exact) mass is 214 g/mol. The molecule has 0 bridgehead atoms. The van der Waals surface area contributed by atoms with E-state index in [1.165, 1.54) is 25.9 Å². The summed E-state index contributed by atoms with van der Waals surface area (Å²) < 4.78 is 5.53. The highest BCUT2D eigenvalue weighted by atomic mass is 16.5. The minimum atomic E-state index is 0.655. The van der Waals surface area contributed by atoms with Gasteiger partial charge in [0, 0.05) is 19.3 Å². The van der Waals surface area contributed by atoms with Gasteiger partial charge >= 0.3 is 0 Å². The van der Waals surface area contributed by atoms with Gasteiger partial charge in [-0.1, -0.05) is 13.8 Å². The molecule has 15 heavy (non-hydrogen) atoms. The Morgan fingerprint density at radius 2 is 2.07 bits per heavy atom. The zero-order valence-corrected chi connectivity index (χ0v) is 10.2. The van der Waals surface area contributed by atoms with Crippen molar-refractivity contribution in [3.05, 3.63) is 0 Å². The van der Waals surface area contributed by atoms with Crippen molar-refractivity contribution in [1.29, 1.82) is 0 Å². The first-order valence-electron chi connectivity index (χ1n) is 6.31. The maximum absolute atomic E-state index is 5.53. The van der Waals surface area contributed by atoms with Crippen molar-refractivity contribution >= 4 is 0 Å². The second kappa shape index (κ2) is 8.08. The summed E-state index contributed by atoms with van der Waals surface area (Å²) in [5, 5.41) is 6.96. The van der Waals surface area contributed by atoms with Gasteiger partial charge in [-0.25, -0.2) is 0 Å². The van der Waals surface area contributed by atoms with Gasteiger partial charge in [-0.3, -0.25) is 0 Å². The van der Waals surface area contributed by atoms with E-state index >= 15 is 0 Å². The number of hydrogen-bond acceptors (Lipinski definition) is 3. The second-order valence-electron chi connectivity index (χ2n) is 4.80. The van der Waals surface area contributed by atoms with Gasteiger partial charge in [0.1, 0.15) is 0 Å². The van der Waals surface area contributed by atoms with E-state index < -0.39 is 0 Å². The Balaban J connectivity index is 1.83. The Hall–Kier alpha value is -0.120. The zero-order valence-electron chi connectivity index (χ0n) is 10.2. The number of ether oxygens (including phenoxy) is 1. The van der Waals surface area contributed by atoms with Crippen LogP contribution in [-0.2, 0) is 4.74 Å². The van der Waals surface area contributed by atoms with Gasteiger partial charge in [-0.15, -0.1) is 0 Å². The predicted octanol–water partition coefficient (Wildman–Crippen LogP) is 1.39. The van der Waals surface area contributed by atoms with Crippen molar-refractivity contribution < 1.29 is 4.74 Å².